The Morgan fingerprint density at radius 2 is 2.54 bits per heavy atom. The van der Waals surface area contributed by atoms with E-state index in [9.17, 15) is 4.79 Å². The van der Waals surface area contributed by atoms with Crippen LogP contribution in [0.2, 0.25) is 0 Å². The molecule has 3 heteroatoms. The van der Waals surface area contributed by atoms with Gasteiger partial charge in [0.2, 0.25) is 5.91 Å². The van der Waals surface area contributed by atoms with Crippen molar-refractivity contribution in [3.63, 3.8) is 0 Å². The Balaban J connectivity index is 1.94. The third-order valence-corrected chi connectivity index (χ3v) is 3.36. The van der Waals surface area contributed by atoms with Gasteiger partial charge in [-0.3, -0.25) is 4.79 Å². The molecule has 13 heavy (non-hydrogen) atoms. The summed E-state index contributed by atoms with van der Waals surface area (Å²) < 4.78 is 0. The number of thiophene rings is 1. The van der Waals surface area contributed by atoms with Gasteiger partial charge in [-0.05, 0) is 17.9 Å². The summed E-state index contributed by atoms with van der Waals surface area (Å²) in [6, 6.07) is 4.54. The number of carbonyl (C=O) groups is 1. The van der Waals surface area contributed by atoms with Crippen LogP contribution in [0.3, 0.4) is 0 Å². The highest BCUT2D eigenvalue weighted by molar-refractivity contribution is 7.09. The van der Waals surface area contributed by atoms with Crippen LogP contribution in [0.15, 0.2) is 17.5 Å². The standard InChI is InChI=1S/C10H13NOS/c1-7-5-8(11-10(7)12)6-9-3-2-4-13-9/h2-4,7-8H,5-6H2,1H3,(H,11,12)/t7-,8-/m1/s1. The second-order valence-electron chi connectivity index (χ2n) is 3.63. The molecule has 1 saturated heterocycles. The lowest BCUT2D eigenvalue weighted by Crippen LogP contribution is -2.27. The van der Waals surface area contributed by atoms with E-state index in [4.69, 9.17) is 0 Å². The van der Waals surface area contributed by atoms with Gasteiger partial charge in [-0.25, -0.2) is 0 Å². The van der Waals surface area contributed by atoms with Crippen LogP contribution in [0.25, 0.3) is 0 Å². The largest absolute Gasteiger partial charge is 0.353 e. The molecule has 2 heterocycles. The fourth-order valence-corrected chi connectivity index (χ4v) is 2.53. The molecular formula is C10H13NOS. The van der Waals surface area contributed by atoms with Gasteiger partial charge in [0, 0.05) is 23.3 Å². The number of nitrogens with one attached hydrogen (secondary N) is 1. The minimum absolute atomic E-state index is 0.199. The summed E-state index contributed by atoms with van der Waals surface area (Å²) in [6.45, 7) is 1.99. The van der Waals surface area contributed by atoms with Gasteiger partial charge in [0.25, 0.3) is 0 Å². The summed E-state index contributed by atoms with van der Waals surface area (Å²) in [7, 11) is 0. The van der Waals surface area contributed by atoms with Gasteiger partial charge in [-0.15, -0.1) is 11.3 Å². The summed E-state index contributed by atoms with van der Waals surface area (Å²) in [4.78, 5) is 12.6. The second kappa shape index (κ2) is 3.50. The highest BCUT2D eigenvalue weighted by Crippen LogP contribution is 2.20. The first-order valence-corrected chi connectivity index (χ1v) is 5.46. The van der Waals surface area contributed by atoms with Crippen LogP contribution in [0.4, 0.5) is 0 Å². The first kappa shape index (κ1) is 8.75. The smallest absolute Gasteiger partial charge is 0.223 e. The summed E-state index contributed by atoms with van der Waals surface area (Å²) in [6.07, 6.45) is 1.98. The molecule has 1 aliphatic rings. The van der Waals surface area contributed by atoms with Gasteiger partial charge in [0.1, 0.15) is 0 Å². The molecule has 1 N–H and O–H groups in total. The van der Waals surface area contributed by atoms with E-state index in [0.717, 1.165) is 12.8 Å². The van der Waals surface area contributed by atoms with Crippen molar-refractivity contribution in [2.24, 2.45) is 5.92 Å². The molecule has 1 aromatic heterocycles. The van der Waals surface area contributed by atoms with Crippen molar-refractivity contribution in [3.05, 3.63) is 22.4 Å². The average molecular weight is 195 g/mol. The van der Waals surface area contributed by atoms with Gasteiger partial charge < -0.3 is 5.32 Å². The summed E-state index contributed by atoms with van der Waals surface area (Å²) in [5.41, 5.74) is 0. The third-order valence-electron chi connectivity index (χ3n) is 2.46. The molecule has 2 nitrogen and oxygen atoms in total. The topological polar surface area (TPSA) is 29.1 Å². The van der Waals surface area contributed by atoms with E-state index < -0.39 is 0 Å². The number of amides is 1. The van der Waals surface area contributed by atoms with Crippen LogP contribution in [-0.2, 0) is 11.2 Å². The predicted octanol–water partition coefficient (Wildman–Crippen LogP) is 1.82. The summed E-state index contributed by atoms with van der Waals surface area (Å²) >= 11 is 1.76. The Morgan fingerprint density at radius 1 is 1.69 bits per heavy atom. The van der Waals surface area contributed by atoms with E-state index in [1.54, 1.807) is 11.3 Å². The first-order chi connectivity index (χ1) is 6.25. The van der Waals surface area contributed by atoms with Gasteiger partial charge in [0.15, 0.2) is 0 Å². The molecule has 0 aliphatic carbocycles. The predicted molar refractivity (Wildman–Crippen MR) is 53.7 cm³/mol. The Hall–Kier alpha value is -0.830. The van der Waals surface area contributed by atoms with Crippen LogP contribution < -0.4 is 5.32 Å². The Labute approximate surface area is 82.0 Å². The van der Waals surface area contributed by atoms with E-state index in [1.165, 1.54) is 4.88 Å². The highest BCUT2D eigenvalue weighted by atomic mass is 32.1. The maximum absolute atomic E-state index is 11.2. The summed E-state index contributed by atoms with van der Waals surface area (Å²) in [5.74, 6) is 0.409. The van der Waals surface area contributed by atoms with E-state index in [-0.39, 0.29) is 11.8 Å². The maximum Gasteiger partial charge on any atom is 0.223 e. The van der Waals surface area contributed by atoms with Gasteiger partial charge in [-0.2, -0.15) is 0 Å². The van der Waals surface area contributed by atoms with E-state index >= 15 is 0 Å². The molecule has 0 bridgehead atoms. The zero-order valence-corrected chi connectivity index (χ0v) is 8.43. The van der Waals surface area contributed by atoms with Crippen molar-refractivity contribution in [1.82, 2.24) is 5.32 Å². The minimum atomic E-state index is 0.199. The molecule has 2 rings (SSSR count). The van der Waals surface area contributed by atoms with Crippen molar-refractivity contribution in [2.45, 2.75) is 25.8 Å². The van der Waals surface area contributed by atoms with E-state index in [1.807, 2.05) is 6.92 Å². The molecule has 0 aromatic carbocycles. The van der Waals surface area contributed by atoms with Crippen LogP contribution in [0.1, 0.15) is 18.2 Å². The highest BCUT2D eigenvalue weighted by Gasteiger charge is 2.28. The summed E-state index contributed by atoms with van der Waals surface area (Å²) in [5, 5.41) is 5.09. The lowest BCUT2D eigenvalue weighted by atomic mass is 10.1. The molecule has 1 amide bonds. The van der Waals surface area contributed by atoms with Crippen molar-refractivity contribution < 1.29 is 4.79 Å². The van der Waals surface area contributed by atoms with E-state index in [2.05, 4.69) is 22.8 Å². The maximum atomic E-state index is 11.2. The number of hydrogen-bond donors (Lipinski definition) is 1. The molecule has 1 aromatic rings. The molecule has 0 unspecified atom stereocenters. The molecule has 0 spiro atoms. The fraction of sp³-hybridized carbons (Fsp3) is 0.500. The molecule has 1 aliphatic heterocycles. The zero-order chi connectivity index (χ0) is 9.26. The van der Waals surface area contributed by atoms with Gasteiger partial charge >= 0.3 is 0 Å². The van der Waals surface area contributed by atoms with Crippen LogP contribution in [-0.4, -0.2) is 11.9 Å². The van der Waals surface area contributed by atoms with Crippen molar-refractivity contribution in [3.8, 4) is 0 Å². The third kappa shape index (κ3) is 1.91. The number of rotatable bonds is 2. The Kier molecular flexibility index (Phi) is 2.36. The van der Waals surface area contributed by atoms with Crippen molar-refractivity contribution in [1.29, 1.82) is 0 Å². The number of hydrogen-bond acceptors (Lipinski definition) is 2. The fourth-order valence-electron chi connectivity index (χ4n) is 1.74. The lowest BCUT2D eigenvalue weighted by Gasteiger charge is -2.06. The van der Waals surface area contributed by atoms with E-state index in [0.29, 0.717) is 6.04 Å². The lowest BCUT2D eigenvalue weighted by molar-refractivity contribution is -0.122. The van der Waals surface area contributed by atoms with Crippen LogP contribution in [0, 0.1) is 5.92 Å². The Bertz CT molecular complexity index is 294. The van der Waals surface area contributed by atoms with Gasteiger partial charge in [-0.1, -0.05) is 13.0 Å². The quantitative estimate of drug-likeness (QED) is 0.766. The monoisotopic (exact) mass is 195 g/mol. The normalized spacial score (nSPS) is 27.6. The van der Waals surface area contributed by atoms with Crippen molar-refractivity contribution in [2.75, 3.05) is 0 Å². The molecule has 0 radical (unpaired) electrons. The minimum Gasteiger partial charge on any atom is -0.353 e. The molecular weight excluding hydrogens is 182 g/mol. The zero-order valence-electron chi connectivity index (χ0n) is 7.62. The molecule has 70 valence electrons. The first-order valence-electron chi connectivity index (χ1n) is 4.58. The molecule has 0 saturated carbocycles. The van der Waals surface area contributed by atoms with Crippen LogP contribution >= 0.6 is 11.3 Å². The SMILES string of the molecule is C[C@@H]1C[C@H](Cc2cccs2)NC1=O. The molecule has 2 atom stereocenters. The average Bonchev–Trinajstić information content (AvgIpc) is 2.64. The van der Waals surface area contributed by atoms with Crippen LogP contribution in [0.5, 0.6) is 0 Å². The molecule has 1 fully saturated rings. The second-order valence-corrected chi connectivity index (χ2v) is 4.66. The Morgan fingerprint density at radius 3 is 3.08 bits per heavy atom. The van der Waals surface area contributed by atoms with Crippen molar-refractivity contribution >= 4 is 17.2 Å². The van der Waals surface area contributed by atoms with Gasteiger partial charge in [0.05, 0.1) is 0 Å². The number of carbonyl (C=O) groups excluding carboxylic acids is 1.